The van der Waals surface area contributed by atoms with Crippen molar-refractivity contribution in [3.63, 3.8) is 0 Å². The first kappa shape index (κ1) is 17.1. The minimum absolute atomic E-state index is 0.0120. The molecule has 0 aromatic heterocycles. The fraction of sp³-hybridized carbons (Fsp3) is 0.0588. The van der Waals surface area contributed by atoms with Crippen molar-refractivity contribution < 1.29 is 9.53 Å². The van der Waals surface area contributed by atoms with Crippen molar-refractivity contribution >= 4 is 45.2 Å². The van der Waals surface area contributed by atoms with Crippen LogP contribution in [-0.2, 0) is 4.79 Å². The summed E-state index contributed by atoms with van der Waals surface area (Å²) in [6.45, 7) is 0. The molecule has 0 fully saturated rings. The van der Waals surface area contributed by atoms with E-state index in [-0.39, 0.29) is 5.57 Å². The molecule has 2 aromatic rings. The number of hydrogen-bond donors (Lipinski definition) is 1. The van der Waals surface area contributed by atoms with Crippen LogP contribution in [0, 0.1) is 11.3 Å². The van der Waals surface area contributed by atoms with E-state index in [1.54, 1.807) is 49.6 Å². The molecule has 0 aliphatic carbocycles. The average Bonchev–Trinajstić information content (AvgIpc) is 2.52. The highest BCUT2D eigenvalue weighted by Crippen LogP contribution is 2.26. The van der Waals surface area contributed by atoms with Crippen LogP contribution in [0.3, 0.4) is 0 Å². The van der Waals surface area contributed by atoms with Crippen LogP contribution in [0.2, 0.25) is 5.02 Å². The molecular formula is C17H12BrClN2O2. The van der Waals surface area contributed by atoms with Crippen molar-refractivity contribution in [1.29, 1.82) is 5.26 Å². The number of ether oxygens (including phenoxy) is 1. The maximum absolute atomic E-state index is 12.2. The molecule has 0 aliphatic rings. The highest BCUT2D eigenvalue weighted by Gasteiger charge is 2.10. The lowest BCUT2D eigenvalue weighted by molar-refractivity contribution is -0.112. The molecule has 6 heteroatoms. The van der Waals surface area contributed by atoms with Gasteiger partial charge in [0, 0.05) is 10.7 Å². The monoisotopic (exact) mass is 390 g/mol. The zero-order chi connectivity index (χ0) is 16.8. The van der Waals surface area contributed by atoms with Crippen LogP contribution in [0.4, 0.5) is 5.69 Å². The second kappa shape index (κ2) is 7.82. The quantitative estimate of drug-likeness (QED) is 0.609. The highest BCUT2D eigenvalue weighted by molar-refractivity contribution is 9.10. The molecule has 1 amide bonds. The molecule has 116 valence electrons. The molecule has 23 heavy (non-hydrogen) atoms. The Morgan fingerprint density at radius 1 is 1.35 bits per heavy atom. The van der Waals surface area contributed by atoms with Gasteiger partial charge >= 0.3 is 0 Å². The summed E-state index contributed by atoms with van der Waals surface area (Å²) in [5.74, 6) is 0.172. The standard InChI is InChI=1S/C17H12BrClN2O2/c1-23-16-6-5-11(8-15(16)18)7-12(10-20)17(22)21-14-4-2-3-13(19)9-14/h2-9H,1H3,(H,21,22)/b12-7-. The molecule has 0 saturated carbocycles. The molecule has 0 atom stereocenters. The van der Waals surface area contributed by atoms with Crippen LogP contribution < -0.4 is 10.1 Å². The number of carbonyl (C=O) groups excluding carboxylic acids is 1. The van der Waals surface area contributed by atoms with Gasteiger partial charge in [-0.2, -0.15) is 5.26 Å². The van der Waals surface area contributed by atoms with Gasteiger partial charge in [0.15, 0.2) is 0 Å². The number of halogens is 2. The first-order valence-electron chi connectivity index (χ1n) is 6.55. The van der Waals surface area contributed by atoms with E-state index >= 15 is 0 Å². The number of nitrogens with zero attached hydrogens (tertiary/aromatic N) is 1. The average molecular weight is 392 g/mol. The lowest BCUT2D eigenvalue weighted by Gasteiger charge is -2.06. The van der Waals surface area contributed by atoms with Crippen LogP contribution in [0.5, 0.6) is 5.75 Å². The van der Waals surface area contributed by atoms with Crippen molar-refractivity contribution in [1.82, 2.24) is 0 Å². The Labute approximate surface area is 147 Å². The summed E-state index contributed by atoms with van der Waals surface area (Å²) in [5, 5.41) is 12.4. The lowest BCUT2D eigenvalue weighted by Crippen LogP contribution is -2.13. The second-order valence-electron chi connectivity index (χ2n) is 4.53. The summed E-state index contributed by atoms with van der Waals surface area (Å²) in [4.78, 5) is 12.2. The summed E-state index contributed by atoms with van der Waals surface area (Å²) in [7, 11) is 1.56. The lowest BCUT2D eigenvalue weighted by atomic mass is 10.1. The van der Waals surface area contributed by atoms with E-state index in [2.05, 4.69) is 21.2 Å². The first-order chi connectivity index (χ1) is 11.0. The molecule has 2 aromatic carbocycles. The predicted octanol–water partition coefficient (Wildman–Crippen LogP) is 4.66. The fourth-order valence-corrected chi connectivity index (χ4v) is 2.60. The maximum Gasteiger partial charge on any atom is 0.266 e. The van der Waals surface area contributed by atoms with Crippen molar-refractivity contribution in [2.45, 2.75) is 0 Å². The first-order valence-corrected chi connectivity index (χ1v) is 7.73. The van der Waals surface area contributed by atoms with E-state index in [9.17, 15) is 10.1 Å². The summed E-state index contributed by atoms with van der Waals surface area (Å²) < 4.78 is 5.88. The van der Waals surface area contributed by atoms with Gasteiger partial charge in [-0.1, -0.05) is 23.7 Å². The van der Waals surface area contributed by atoms with Gasteiger partial charge in [0.05, 0.1) is 11.6 Å². The number of carbonyl (C=O) groups is 1. The van der Waals surface area contributed by atoms with E-state index in [0.717, 1.165) is 4.47 Å². The molecule has 0 spiro atoms. The van der Waals surface area contributed by atoms with Crippen LogP contribution in [0.1, 0.15) is 5.56 Å². The third-order valence-corrected chi connectivity index (χ3v) is 3.79. The van der Waals surface area contributed by atoms with Gasteiger partial charge in [-0.3, -0.25) is 4.79 Å². The number of amides is 1. The Bertz CT molecular complexity index is 812. The normalized spacial score (nSPS) is 10.8. The smallest absolute Gasteiger partial charge is 0.266 e. The van der Waals surface area contributed by atoms with E-state index in [4.69, 9.17) is 16.3 Å². The molecule has 0 bridgehead atoms. The third kappa shape index (κ3) is 4.59. The Morgan fingerprint density at radius 2 is 2.13 bits per heavy atom. The fourth-order valence-electron chi connectivity index (χ4n) is 1.85. The number of anilines is 1. The number of hydrogen-bond acceptors (Lipinski definition) is 3. The molecule has 0 unspecified atom stereocenters. The van der Waals surface area contributed by atoms with Crippen LogP contribution >= 0.6 is 27.5 Å². The van der Waals surface area contributed by atoms with E-state index < -0.39 is 5.91 Å². The number of nitrogens with one attached hydrogen (secondary N) is 1. The van der Waals surface area contributed by atoms with Gasteiger partial charge in [-0.15, -0.1) is 0 Å². The SMILES string of the molecule is COc1ccc(/C=C(/C#N)C(=O)Nc2cccc(Cl)c2)cc1Br. The minimum Gasteiger partial charge on any atom is -0.496 e. The Balaban J connectivity index is 2.23. The van der Waals surface area contributed by atoms with Crippen LogP contribution in [-0.4, -0.2) is 13.0 Å². The van der Waals surface area contributed by atoms with Gasteiger partial charge in [0.1, 0.15) is 17.4 Å². The van der Waals surface area contributed by atoms with Crippen molar-refractivity contribution in [3.8, 4) is 11.8 Å². The Hall–Kier alpha value is -2.29. The molecule has 0 radical (unpaired) electrons. The number of rotatable bonds is 4. The predicted molar refractivity (Wildman–Crippen MR) is 94.4 cm³/mol. The molecule has 2 rings (SSSR count). The van der Waals surface area contributed by atoms with E-state index in [0.29, 0.717) is 22.0 Å². The van der Waals surface area contributed by atoms with Crippen LogP contribution in [0.15, 0.2) is 52.5 Å². The number of nitriles is 1. The molecule has 1 N–H and O–H groups in total. The molecule has 4 nitrogen and oxygen atoms in total. The zero-order valence-corrected chi connectivity index (χ0v) is 14.5. The van der Waals surface area contributed by atoms with Crippen molar-refractivity contribution in [3.05, 3.63) is 63.1 Å². The molecular weight excluding hydrogens is 380 g/mol. The van der Waals surface area contributed by atoms with E-state index in [1.165, 1.54) is 6.08 Å². The van der Waals surface area contributed by atoms with Crippen molar-refractivity contribution in [2.24, 2.45) is 0 Å². The summed E-state index contributed by atoms with van der Waals surface area (Å²) in [6, 6.07) is 13.9. The van der Waals surface area contributed by atoms with Crippen molar-refractivity contribution in [2.75, 3.05) is 12.4 Å². The number of methoxy groups -OCH3 is 1. The van der Waals surface area contributed by atoms with Gasteiger partial charge in [0.25, 0.3) is 5.91 Å². The van der Waals surface area contributed by atoms with E-state index in [1.807, 2.05) is 6.07 Å². The zero-order valence-electron chi connectivity index (χ0n) is 12.1. The largest absolute Gasteiger partial charge is 0.496 e. The van der Waals surface area contributed by atoms with Gasteiger partial charge < -0.3 is 10.1 Å². The maximum atomic E-state index is 12.2. The van der Waals surface area contributed by atoms with Gasteiger partial charge in [0.2, 0.25) is 0 Å². The molecule has 0 heterocycles. The third-order valence-electron chi connectivity index (χ3n) is 2.93. The molecule has 0 saturated heterocycles. The Kier molecular flexibility index (Phi) is 5.80. The summed E-state index contributed by atoms with van der Waals surface area (Å²) in [5.41, 5.74) is 1.22. The summed E-state index contributed by atoms with van der Waals surface area (Å²) in [6.07, 6.45) is 1.50. The van der Waals surface area contributed by atoms with Gasteiger partial charge in [-0.05, 0) is 57.9 Å². The minimum atomic E-state index is -0.498. The highest BCUT2D eigenvalue weighted by atomic mass is 79.9. The number of benzene rings is 2. The Morgan fingerprint density at radius 3 is 2.74 bits per heavy atom. The topological polar surface area (TPSA) is 62.1 Å². The molecule has 0 aliphatic heterocycles. The van der Waals surface area contributed by atoms with Gasteiger partial charge in [-0.25, -0.2) is 0 Å². The van der Waals surface area contributed by atoms with Crippen LogP contribution in [0.25, 0.3) is 6.08 Å². The second-order valence-corrected chi connectivity index (χ2v) is 5.82. The summed E-state index contributed by atoms with van der Waals surface area (Å²) >= 11 is 9.24.